The van der Waals surface area contributed by atoms with Crippen molar-refractivity contribution in [1.82, 2.24) is 10.2 Å². The molecule has 0 aromatic carbocycles. The van der Waals surface area contributed by atoms with Gasteiger partial charge in [0.2, 0.25) is 0 Å². The molecule has 0 saturated carbocycles. The molecule has 1 aliphatic heterocycles. The van der Waals surface area contributed by atoms with E-state index in [2.05, 4.69) is 37.9 Å². The van der Waals surface area contributed by atoms with Gasteiger partial charge < -0.3 is 10.2 Å². The molecule has 1 N–H and O–H groups in total. The maximum Gasteiger partial charge on any atom is 0.0220 e. The first-order valence-electron chi connectivity index (χ1n) is 8.16. The summed E-state index contributed by atoms with van der Waals surface area (Å²) in [7, 11) is 0. The Morgan fingerprint density at radius 2 is 2.00 bits per heavy atom. The van der Waals surface area contributed by atoms with Gasteiger partial charge in [-0.2, -0.15) is 0 Å². The normalized spacial score (nSPS) is 24.3. The van der Waals surface area contributed by atoms with Crippen molar-refractivity contribution in [1.29, 1.82) is 0 Å². The average molecular weight is 254 g/mol. The lowest BCUT2D eigenvalue weighted by Gasteiger charge is -2.29. The minimum absolute atomic E-state index is 0.690. The highest BCUT2D eigenvalue weighted by Crippen LogP contribution is 2.22. The zero-order valence-electron chi connectivity index (χ0n) is 13.0. The summed E-state index contributed by atoms with van der Waals surface area (Å²) in [5, 5.41) is 3.75. The largest absolute Gasteiger partial charge is 0.312 e. The molecule has 0 aromatic heterocycles. The summed E-state index contributed by atoms with van der Waals surface area (Å²) in [4.78, 5) is 2.69. The SMILES string of the molecule is CCCNC(CN1CCC(CCC)C1)C(C)CC. The fourth-order valence-corrected chi connectivity index (χ4v) is 3.06. The molecule has 1 saturated heterocycles. The van der Waals surface area contributed by atoms with Crippen molar-refractivity contribution in [3.63, 3.8) is 0 Å². The Kier molecular flexibility index (Phi) is 7.92. The maximum atomic E-state index is 3.75. The smallest absolute Gasteiger partial charge is 0.0220 e. The van der Waals surface area contributed by atoms with Crippen LogP contribution in [0.15, 0.2) is 0 Å². The monoisotopic (exact) mass is 254 g/mol. The Morgan fingerprint density at radius 3 is 2.61 bits per heavy atom. The summed E-state index contributed by atoms with van der Waals surface area (Å²) >= 11 is 0. The third kappa shape index (κ3) is 5.27. The van der Waals surface area contributed by atoms with Crippen LogP contribution < -0.4 is 5.32 Å². The highest BCUT2D eigenvalue weighted by atomic mass is 15.2. The first kappa shape index (κ1) is 16.0. The van der Waals surface area contributed by atoms with Gasteiger partial charge >= 0.3 is 0 Å². The molecule has 108 valence electrons. The van der Waals surface area contributed by atoms with Gasteiger partial charge in [-0.05, 0) is 44.2 Å². The zero-order chi connectivity index (χ0) is 13.4. The highest BCUT2D eigenvalue weighted by Gasteiger charge is 2.25. The van der Waals surface area contributed by atoms with E-state index in [1.165, 1.54) is 58.3 Å². The van der Waals surface area contributed by atoms with Crippen molar-refractivity contribution < 1.29 is 0 Å². The maximum absolute atomic E-state index is 3.75. The van der Waals surface area contributed by atoms with Gasteiger partial charge in [0, 0.05) is 19.1 Å². The second-order valence-electron chi connectivity index (χ2n) is 6.15. The van der Waals surface area contributed by atoms with Gasteiger partial charge in [-0.25, -0.2) is 0 Å². The van der Waals surface area contributed by atoms with Crippen LogP contribution >= 0.6 is 0 Å². The molecular formula is C16H34N2. The van der Waals surface area contributed by atoms with Crippen LogP contribution in [0.3, 0.4) is 0 Å². The molecule has 18 heavy (non-hydrogen) atoms. The number of hydrogen-bond donors (Lipinski definition) is 1. The summed E-state index contributed by atoms with van der Waals surface area (Å²) < 4.78 is 0. The third-order valence-corrected chi connectivity index (χ3v) is 4.51. The first-order chi connectivity index (χ1) is 8.71. The molecule has 1 fully saturated rings. The van der Waals surface area contributed by atoms with E-state index in [0.717, 1.165) is 11.8 Å². The van der Waals surface area contributed by atoms with Gasteiger partial charge in [0.15, 0.2) is 0 Å². The Bertz CT molecular complexity index is 205. The summed E-state index contributed by atoms with van der Waals surface area (Å²) in [5.41, 5.74) is 0. The van der Waals surface area contributed by atoms with E-state index in [9.17, 15) is 0 Å². The molecule has 3 unspecified atom stereocenters. The topological polar surface area (TPSA) is 15.3 Å². The molecule has 1 rings (SSSR count). The molecule has 2 heteroatoms. The fourth-order valence-electron chi connectivity index (χ4n) is 3.06. The lowest BCUT2D eigenvalue weighted by Crippen LogP contribution is -2.44. The van der Waals surface area contributed by atoms with Crippen LogP contribution in [0.5, 0.6) is 0 Å². The summed E-state index contributed by atoms with van der Waals surface area (Å²) in [6.07, 6.45) is 6.72. The van der Waals surface area contributed by atoms with Crippen molar-refractivity contribution in [2.24, 2.45) is 11.8 Å². The predicted octanol–water partition coefficient (Wildman–Crippen LogP) is 3.52. The second kappa shape index (κ2) is 8.92. The van der Waals surface area contributed by atoms with E-state index in [4.69, 9.17) is 0 Å². The van der Waals surface area contributed by atoms with E-state index < -0.39 is 0 Å². The predicted molar refractivity (Wildman–Crippen MR) is 81.0 cm³/mol. The Hall–Kier alpha value is -0.0800. The van der Waals surface area contributed by atoms with Gasteiger partial charge in [0.1, 0.15) is 0 Å². The molecule has 1 aliphatic rings. The molecule has 2 nitrogen and oxygen atoms in total. The Labute approximate surface area is 115 Å². The molecule has 0 radical (unpaired) electrons. The van der Waals surface area contributed by atoms with Crippen molar-refractivity contribution >= 4 is 0 Å². The summed E-state index contributed by atoms with van der Waals surface area (Å²) in [6.45, 7) is 14.4. The standard InChI is InChI=1S/C16H34N2/c1-5-8-15-9-11-18(12-15)13-16(14(4)7-3)17-10-6-2/h14-17H,5-13H2,1-4H3. The van der Waals surface area contributed by atoms with Gasteiger partial charge in [0.25, 0.3) is 0 Å². The summed E-state index contributed by atoms with van der Waals surface area (Å²) in [6, 6.07) is 0.690. The van der Waals surface area contributed by atoms with E-state index >= 15 is 0 Å². The van der Waals surface area contributed by atoms with Crippen LogP contribution in [0.4, 0.5) is 0 Å². The van der Waals surface area contributed by atoms with Crippen LogP contribution in [0.25, 0.3) is 0 Å². The molecule has 0 amide bonds. The van der Waals surface area contributed by atoms with Crippen LogP contribution in [-0.2, 0) is 0 Å². The van der Waals surface area contributed by atoms with Crippen LogP contribution in [0.2, 0.25) is 0 Å². The van der Waals surface area contributed by atoms with Gasteiger partial charge in [-0.1, -0.05) is 40.5 Å². The first-order valence-corrected chi connectivity index (χ1v) is 8.16. The van der Waals surface area contributed by atoms with Crippen molar-refractivity contribution in [3.05, 3.63) is 0 Å². The Balaban J connectivity index is 2.36. The van der Waals surface area contributed by atoms with Gasteiger partial charge in [0.05, 0.1) is 0 Å². The minimum atomic E-state index is 0.690. The van der Waals surface area contributed by atoms with Crippen LogP contribution in [0.1, 0.15) is 59.8 Å². The number of rotatable bonds is 9. The number of hydrogen-bond acceptors (Lipinski definition) is 2. The van der Waals surface area contributed by atoms with E-state index in [1.54, 1.807) is 0 Å². The number of nitrogens with zero attached hydrogens (tertiary/aromatic N) is 1. The molecule has 1 heterocycles. The van der Waals surface area contributed by atoms with Gasteiger partial charge in [-0.3, -0.25) is 0 Å². The van der Waals surface area contributed by atoms with Gasteiger partial charge in [-0.15, -0.1) is 0 Å². The number of likely N-dealkylation sites (tertiary alicyclic amines) is 1. The molecule has 0 bridgehead atoms. The highest BCUT2D eigenvalue weighted by molar-refractivity contribution is 4.82. The van der Waals surface area contributed by atoms with E-state index in [1.807, 2.05) is 0 Å². The third-order valence-electron chi connectivity index (χ3n) is 4.51. The average Bonchev–Trinajstić information content (AvgIpc) is 2.81. The molecule has 0 aliphatic carbocycles. The molecule has 3 atom stereocenters. The van der Waals surface area contributed by atoms with E-state index in [0.29, 0.717) is 6.04 Å². The molecule has 0 aromatic rings. The quantitative estimate of drug-likeness (QED) is 0.677. The lowest BCUT2D eigenvalue weighted by molar-refractivity contribution is 0.237. The van der Waals surface area contributed by atoms with Crippen molar-refractivity contribution in [2.45, 2.75) is 65.8 Å². The Morgan fingerprint density at radius 1 is 1.22 bits per heavy atom. The molecular weight excluding hydrogens is 220 g/mol. The van der Waals surface area contributed by atoms with Crippen molar-refractivity contribution in [2.75, 3.05) is 26.2 Å². The minimum Gasteiger partial charge on any atom is -0.312 e. The zero-order valence-corrected chi connectivity index (χ0v) is 13.0. The number of nitrogens with one attached hydrogen (secondary N) is 1. The second-order valence-corrected chi connectivity index (χ2v) is 6.15. The lowest BCUT2D eigenvalue weighted by atomic mass is 9.98. The van der Waals surface area contributed by atoms with Crippen molar-refractivity contribution in [3.8, 4) is 0 Å². The van der Waals surface area contributed by atoms with E-state index in [-0.39, 0.29) is 0 Å². The van der Waals surface area contributed by atoms with Crippen LogP contribution in [0, 0.1) is 11.8 Å². The van der Waals surface area contributed by atoms with Crippen LogP contribution in [-0.4, -0.2) is 37.1 Å². The summed E-state index contributed by atoms with van der Waals surface area (Å²) in [5.74, 6) is 1.76. The molecule has 0 spiro atoms. The fraction of sp³-hybridized carbons (Fsp3) is 1.00.